The van der Waals surface area contributed by atoms with Crippen LogP contribution in [0, 0.1) is 0 Å². The van der Waals surface area contributed by atoms with Crippen LogP contribution in [0.3, 0.4) is 0 Å². The first kappa shape index (κ1) is 8.72. The van der Waals surface area contributed by atoms with E-state index < -0.39 is 0 Å². The van der Waals surface area contributed by atoms with Crippen molar-refractivity contribution in [1.29, 1.82) is 0 Å². The highest BCUT2D eigenvalue weighted by molar-refractivity contribution is 6.08. The Labute approximate surface area is 89.9 Å². The van der Waals surface area contributed by atoms with Crippen LogP contribution in [0.25, 0.3) is 0 Å². The molecule has 0 saturated heterocycles. The van der Waals surface area contributed by atoms with Crippen molar-refractivity contribution in [2.45, 2.75) is 19.3 Å². The topological polar surface area (TPSA) is 15.6 Å². The lowest BCUT2D eigenvalue weighted by molar-refractivity contribution is 0.850. The number of fused-ring (bicyclic) bond motifs is 2. The second-order valence-corrected chi connectivity index (χ2v) is 4.09. The molecule has 0 atom stereocenters. The van der Waals surface area contributed by atoms with Gasteiger partial charge in [0.2, 0.25) is 0 Å². The van der Waals surface area contributed by atoms with Crippen molar-refractivity contribution in [2.75, 3.05) is 11.9 Å². The lowest BCUT2D eigenvalue weighted by Gasteiger charge is -2.31. The van der Waals surface area contributed by atoms with Gasteiger partial charge in [-0.25, -0.2) is 4.99 Å². The van der Waals surface area contributed by atoms with Crippen LogP contribution in [0.15, 0.2) is 41.0 Å². The highest BCUT2D eigenvalue weighted by Crippen LogP contribution is 2.37. The maximum Gasteiger partial charge on any atom is 0.0870 e. The van der Waals surface area contributed by atoms with Crippen molar-refractivity contribution in [3.8, 4) is 0 Å². The molecule has 1 heterocycles. The van der Waals surface area contributed by atoms with Gasteiger partial charge in [0.15, 0.2) is 0 Å². The minimum atomic E-state index is 1.11. The van der Waals surface area contributed by atoms with Gasteiger partial charge in [0.25, 0.3) is 0 Å². The van der Waals surface area contributed by atoms with Crippen molar-refractivity contribution in [3.63, 3.8) is 0 Å². The Kier molecular flexibility index (Phi) is 1.88. The number of aliphatic imine (C=N–C) groups is 1. The fourth-order valence-electron chi connectivity index (χ4n) is 2.32. The second kappa shape index (κ2) is 3.23. The van der Waals surface area contributed by atoms with Gasteiger partial charge in [0.05, 0.1) is 22.8 Å². The Bertz CT molecular complexity index is 457. The molecule has 2 aliphatic rings. The number of para-hydroxylation sites is 2. The van der Waals surface area contributed by atoms with E-state index in [0.29, 0.717) is 0 Å². The van der Waals surface area contributed by atoms with Crippen LogP contribution >= 0.6 is 0 Å². The van der Waals surface area contributed by atoms with Gasteiger partial charge in [0.1, 0.15) is 0 Å². The molecule has 0 amide bonds. The normalized spacial score (nSPS) is 18.9. The van der Waals surface area contributed by atoms with E-state index in [1.807, 2.05) is 6.07 Å². The van der Waals surface area contributed by atoms with E-state index in [1.165, 1.54) is 29.9 Å². The molecule has 0 aromatic heterocycles. The molecular weight excluding hydrogens is 184 g/mol. The summed E-state index contributed by atoms with van der Waals surface area (Å²) in [6.45, 7) is 0. The fourth-order valence-corrected chi connectivity index (χ4v) is 2.32. The summed E-state index contributed by atoms with van der Waals surface area (Å²) in [5, 5.41) is 0. The van der Waals surface area contributed by atoms with Gasteiger partial charge in [-0.3, -0.25) is 0 Å². The molecule has 76 valence electrons. The standard InChI is InChI=1S/C13H14N2/c1-15-12-8-4-2-6-10(12)14-11-7-3-5-9-13(11)15/h2,4,6,8-9H,3,5,7H2,1H3. The smallest absolute Gasteiger partial charge is 0.0870 e. The molecule has 1 aliphatic heterocycles. The summed E-state index contributed by atoms with van der Waals surface area (Å²) in [4.78, 5) is 6.99. The van der Waals surface area contributed by atoms with Crippen molar-refractivity contribution in [2.24, 2.45) is 4.99 Å². The highest BCUT2D eigenvalue weighted by Gasteiger charge is 2.22. The first-order chi connectivity index (χ1) is 7.36. The maximum atomic E-state index is 4.72. The van der Waals surface area contributed by atoms with Crippen LogP contribution in [0.2, 0.25) is 0 Å². The number of allylic oxidation sites excluding steroid dienone is 2. The Morgan fingerprint density at radius 1 is 1.27 bits per heavy atom. The second-order valence-electron chi connectivity index (χ2n) is 4.09. The minimum absolute atomic E-state index is 1.11. The summed E-state index contributed by atoms with van der Waals surface area (Å²) in [6, 6.07) is 8.34. The first-order valence-corrected chi connectivity index (χ1v) is 5.47. The molecule has 3 rings (SSSR count). The Morgan fingerprint density at radius 3 is 3.07 bits per heavy atom. The average molecular weight is 198 g/mol. The van der Waals surface area contributed by atoms with Crippen LogP contribution in [-0.2, 0) is 0 Å². The van der Waals surface area contributed by atoms with Gasteiger partial charge < -0.3 is 4.90 Å². The van der Waals surface area contributed by atoms with Crippen molar-refractivity contribution < 1.29 is 0 Å². The number of nitrogens with zero attached hydrogens (tertiary/aromatic N) is 2. The molecule has 0 fully saturated rings. The van der Waals surface area contributed by atoms with Crippen molar-refractivity contribution in [3.05, 3.63) is 36.0 Å². The summed E-state index contributed by atoms with van der Waals surface area (Å²) >= 11 is 0. The van der Waals surface area contributed by atoms with Gasteiger partial charge in [-0.1, -0.05) is 18.2 Å². The average Bonchev–Trinajstić information content (AvgIpc) is 2.30. The van der Waals surface area contributed by atoms with Gasteiger partial charge in [-0.05, 0) is 31.4 Å². The molecule has 2 heteroatoms. The molecule has 0 unspecified atom stereocenters. The molecule has 0 bridgehead atoms. The SMILES string of the molecule is CN1C2=CCCCC2=Nc2ccccc21. The molecule has 0 spiro atoms. The van der Waals surface area contributed by atoms with E-state index in [4.69, 9.17) is 4.99 Å². The molecule has 2 nitrogen and oxygen atoms in total. The monoisotopic (exact) mass is 198 g/mol. The molecule has 1 aliphatic carbocycles. The molecule has 0 saturated carbocycles. The van der Waals surface area contributed by atoms with E-state index in [1.54, 1.807) is 0 Å². The predicted molar refractivity (Wildman–Crippen MR) is 63.9 cm³/mol. The molecule has 0 N–H and O–H groups in total. The van der Waals surface area contributed by atoms with E-state index in [2.05, 4.69) is 36.2 Å². The number of benzene rings is 1. The van der Waals surface area contributed by atoms with E-state index in [9.17, 15) is 0 Å². The third-order valence-corrected chi connectivity index (χ3v) is 3.11. The largest absolute Gasteiger partial charge is 0.342 e. The van der Waals surface area contributed by atoms with Crippen LogP contribution in [0.4, 0.5) is 11.4 Å². The number of anilines is 1. The van der Waals surface area contributed by atoms with Crippen molar-refractivity contribution >= 4 is 17.1 Å². The van der Waals surface area contributed by atoms with Crippen LogP contribution in [0.1, 0.15) is 19.3 Å². The van der Waals surface area contributed by atoms with Gasteiger partial charge in [0, 0.05) is 7.05 Å². The summed E-state index contributed by atoms with van der Waals surface area (Å²) in [6.07, 6.45) is 5.84. The van der Waals surface area contributed by atoms with Crippen LogP contribution in [-0.4, -0.2) is 12.8 Å². The Balaban J connectivity index is 2.19. The Hall–Kier alpha value is -1.57. The third kappa shape index (κ3) is 1.29. The minimum Gasteiger partial charge on any atom is -0.342 e. The summed E-state index contributed by atoms with van der Waals surface area (Å²) in [5.41, 5.74) is 4.88. The van der Waals surface area contributed by atoms with Gasteiger partial charge in [-0.2, -0.15) is 0 Å². The van der Waals surface area contributed by atoms with Gasteiger partial charge in [-0.15, -0.1) is 0 Å². The molecule has 15 heavy (non-hydrogen) atoms. The zero-order chi connectivity index (χ0) is 10.3. The molecule has 0 radical (unpaired) electrons. The number of rotatable bonds is 0. The van der Waals surface area contributed by atoms with Crippen LogP contribution in [0.5, 0.6) is 0 Å². The fraction of sp³-hybridized carbons (Fsp3) is 0.308. The summed E-state index contributed by atoms with van der Waals surface area (Å²) in [7, 11) is 2.13. The van der Waals surface area contributed by atoms with Gasteiger partial charge >= 0.3 is 0 Å². The zero-order valence-electron chi connectivity index (χ0n) is 8.90. The highest BCUT2D eigenvalue weighted by atomic mass is 15.2. The predicted octanol–water partition coefficient (Wildman–Crippen LogP) is 3.28. The zero-order valence-corrected chi connectivity index (χ0v) is 8.90. The lowest BCUT2D eigenvalue weighted by Crippen LogP contribution is -2.27. The molecule has 1 aromatic rings. The summed E-state index contributed by atoms with van der Waals surface area (Å²) < 4.78 is 0. The summed E-state index contributed by atoms with van der Waals surface area (Å²) in [5.74, 6) is 0. The van der Waals surface area contributed by atoms with E-state index >= 15 is 0 Å². The number of hydrogen-bond donors (Lipinski definition) is 0. The maximum absolute atomic E-state index is 4.72. The first-order valence-electron chi connectivity index (χ1n) is 5.47. The lowest BCUT2D eigenvalue weighted by atomic mass is 9.99. The van der Waals surface area contributed by atoms with E-state index in [0.717, 1.165) is 12.1 Å². The third-order valence-electron chi connectivity index (χ3n) is 3.11. The molecular formula is C13H14N2. The Morgan fingerprint density at radius 2 is 2.13 bits per heavy atom. The number of hydrogen-bond acceptors (Lipinski definition) is 2. The molecule has 1 aromatic carbocycles. The van der Waals surface area contributed by atoms with Crippen LogP contribution < -0.4 is 4.90 Å². The van der Waals surface area contributed by atoms with E-state index in [-0.39, 0.29) is 0 Å². The van der Waals surface area contributed by atoms with Crippen molar-refractivity contribution in [1.82, 2.24) is 0 Å². The quantitative estimate of drug-likeness (QED) is 0.624.